The standard InChI is InChI=1S/C12H9NO/c14-13-7-3-5-10-8-9-4-1-2-6-11(9)12(10)13/h1-7H,8H2. The fourth-order valence-corrected chi connectivity index (χ4v) is 2.08. The van der Waals surface area contributed by atoms with Crippen LogP contribution < -0.4 is 4.73 Å². The van der Waals surface area contributed by atoms with Crippen LogP contribution in [-0.2, 0) is 6.42 Å². The number of pyridine rings is 1. The summed E-state index contributed by atoms with van der Waals surface area (Å²) in [5.41, 5.74) is 4.28. The first-order chi connectivity index (χ1) is 6.86. The summed E-state index contributed by atoms with van der Waals surface area (Å²) in [7, 11) is 0. The normalized spacial score (nSPS) is 12.3. The van der Waals surface area contributed by atoms with Crippen molar-refractivity contribution in [3.63, 3.8) is 0 Å². The Morgan fingerprint density at radius 3 is 2.71 bits per heavy atom. The largest absolute Gasteiger partial charge is 0.618 e. The maximum absolute atomic E-state index is 11.6. The van der Waals surface area contributed by atoms with Crippen molar-refractivity contribution in [3.8, 4) is 11.3 Å². The van der Waals surface area contributed by atoms with E-state index in [1.165, 1.54) is 5.56 Å². The number of rotatable bonds is 0. The van der Waals surface area contributed by atoms with Crippen LogP contribution in [0.2, 0.25) is 0 Å². The molecule has 0 saturated heterocycles. The van der Waals surface area contributed by atoms with Gasteiger partial charge in [0.15, 0.2) is 6.20 Å². The number of fused-ring (bicyclic) bond motifs is 3. The molecule has 0 fully saturated rings. The second-order valence-corrected chi connectivity index (χ2v) is 3.54. The van der Waals surface area contributed by atoms with Gasteiger partial charge in [-0.2, -0.15) is 4.73 Å². The maximum Gasteiger partial charge on any atom is 0.227 e. The van der Waals surface area contributed by atoms with E-state index >= 15 is 0 Å². The van der Waals surface area contributed by atoms with Crippen LogP contribution >= 0.6 is 0 Å². The number of hydrogen-bond donors (Lipinski definition) is 0. The van der Waals surface area contributed by atoms with Crippen LogP contribution in [0.1, 0.15) is 11.1 Å². The third kappa shape index (κ3) is 0.880. The summed E-state index contributed by atoms with van der Waals surface area (Å²) in [6, 6.07) is 11.9. The highest BCUT2D eigenvalue weighted by atomic mass is 16.5. The molecular weight excluding hydrogens is 174 g/mol. The lowest BCUT2D eigenvalue weighted by molar-refractivity contribution is -0.593. The van der Waals surface area contributed by atoms with Crippen molar-refractivity contribution in [1.82, 2.24) is 0 Å². The third-order valence-electron chi connectivity index (χ3n) is 2.70. The minimum atomic E-state index is 0.822. The molecule has 0 radical (unpaired) electrons. The molecular formula is C12H9NO. The first-order valence-corrected chi connectivity index (χ1v) is 4.65. The molecule has 0 aliphatic heterocycles. The third-order valence-corrected chi connectivity index (χ3v) is 2.70. The summed E-state index contributed by atoms with van der Waals surface area (Å²) in [4.78, 5) is 0. The molecule has 0 amide bonds. The van der Waals surface area contributed by atoms with Gasteiger partial charge < -0.3 is 5.21 Å². The molecule has 1 aliphatic carbocycles. The van der Waals surface area contributed by atoms with Crippen LogP contribution in [0.25, 0.3) is 11.3 Å². The average molecular weight is 183 g/mol. The minimum absolute atomic E-state index is 0.822. The maximum atomic E-state index is 11.6. The summed E-state index contributed by atoms with van der Waals surface area (Å²) in [5, 5.41) is 11.6. The Balaban J connectivity index is 2.35. The zero-order chi connectivity index (χ0) is 9.54. The zero-order valence-electron chi connectivity index (χ0n) is 7.60. The molecule has 14 heavy (non-hydrogen) atoms. The molecule has 0 unspecified atom stereocenters. The highest BCUT2D eigenvalue weighted by Gasteiger charge is 2.24. The topological polar surface area (TPSA) is 26.9 Å². The highest BCUT2D eigenvalue weighted by Crippen LogP contribution is 2.32. The van der Waals surface area contributed by atoms with E-state index in [1.807, 2.05) is 24.3 Å². The van der Waals surface area contributed by atoms with Crippen LogP contribution in [0.3, 0.4) is 0 Å². The average Bonchev–Trinajstić information content (AvgIpc) is 2.57. The van der Waals surface area contributed by atoms with Crippen molar-refractivity contribution in [2.24, 2.45) is 0 Å². The SMILES string of the molecule is [O-][n+]1cccc2c1-c1ccccc1C2. The lowest BCUT2D eigenvalue weighted by Gasteiger charge is -2.02. The van der Waals surface area contributed by atoms with E-state index in [0.717, 1.165) is 28.0 Å². The van der Waals surface area contributed by atoms with E-state index in [4.69, 9.17) is 0 Å². The molecule has 1 aromatic heterocycles. The van der Waals surface area contributed by atoms with Crippen LogP contribution in [0.4, 0.5) is 0 Å². The van der Waals surface area contributed by atoms with Gasteiger partial charge in [-0.15, -0.1) is 0 Å². The monoisotopic (exact) mass is 183 g/mol. The Labute approximate surface area is 82.0 Å². The van der Waals surface area contributed by atoms with Crippen LogP contribution in [0, 0.1) is 5.21 Å². The van der Waals surface area contributed by atoms with E-state index in [1.54, 1.807) is 12.3 Å². The molecule has 3 rings (SSSR count). The Morgan fingerprint density at radius 1 is 1.00 bits per heavy atom. The second-order valence-electron chi connectivity index (χ2n) is 3.54. The lowest BCUT2D eigenvalue weighted by atomic mass is 10.1. The molecule has 0 atom stereocenters. The Bertz CT molecular complexity index is 505. The molecule has 2 aromatic rings. The van der Waals surface area contributed by atoms with Crippen LogP contribution in [-0.4, -0.2) is 0 Å². The van der Waals surface area contributed by atoms with Gasteiger partial charge in [0, 0.05) is 18.1 Å². The molecule has 0 saturated carbocycles. The van der Waals surface area contributed by atoms with Crippen LogP contribution in [0.15, 0.2) is 42.6 Å². The van der Waals surface area contributed by atoms with Gasteiger partial charge in [0.05, 0.1) is 5.56 Å². The molecule has 0 spiro atoms. The van der Waals surface area contributed by atoms with E-state index < -0.39 is 0 Å². The molecule has 1 aliphatic rings. The molecule has 2 heteroatoms. The fourth-order valence-electron chi connectivity index (χ4n) is 2.08. The summed E-state index contributed by atoms with van der Waals surface area (Å²) in [6.07, 6.45) is 2.44. The first kappa shape index (κ1) is 7.56. The van der Waals surface area contributed by atoms with Crippen molar-refractivity contribution in [2.75, 3.05) is 0 Å². The summed E-state index contributed by atoms with van der Waals surface area (Å²) in [5.74, 6) is 0. The van der Waals surface area contributed by atoms with E-state index in [-0.39, 0.29) is 0 Å². The lowest BCUT2D eigenvalue weighted by Crippen LogP contribution is -2.28. The number of aromatic nitrogens is 1. The highest BCUT2D eigenvalue weighted by molar-refractivity contribution is 5.70. The van der Waals surface area contributed by atoms with E-state index in [2.05, 4.69) is 6.07 Å². The smallest absolute Gasteiger partial charge is 0.227 e. The molecule has 68 valence electrons. The molecule has 2 nitrogen and oxygen atoms in total. The first-order valence-electron chi connectivity index (χ1n) is 4.65. The van der Waals surface area contributed by atoms with Crippen LogP contribution in [0.5, 0.6) is 0 Å². The predicted molar refractivity (Wildman–Crippen MR) is 53.6 cm³/mol. The molecule has 1 aromatic carbocycles. The van der Waals surface area contributed by atoms with Gasteiger partial charge in [0.2, 0.25) is 5.69 Å². The summed E-state index contributed by atoms with van der Waals surface area (Å²) >= 11 is 0. The Hall–Kier alpha value is -1.83. The van der Waals surface area contributed by atoms with E-state index in [0.29, 0.717) is 0 Å². The van der Waals surface area contributed by atoms with Gasteiger partial charge in [0.1, 0.15) is 0 Å². The Morgan fingerprint density at radius 2 is 1.79 bits per heavy atom. The van der Waals surface area contributed by atoms with Crippen molar-refractivity contribution in [2.45, 2.75) is 6.42 Å². The quantitative estimate of drug-likeness (QED) is 0.386. The second kappa shape index (κ2) is 2.58. The summed E-state index contributed by atoms with van der Waals surface area (Å²) in [6.45, 7) is 0. The van der Waals surface area contributed by atoms with Gasteiger partial charge in [0.25, 0.3) is 0 Å². The van der Waals surface area contributed by atoms with Crippen molar-refractivity contribution in [1.29, 1.82) is 0 Å². The van der Waals surface area contributed by atoms with Gasteiger partial charge in [-0.25, -0.2) is 0 Å². The number of nitrogens with zero attached hydrogens (tertiary/aromatic N) is 1. The van der Waals surface area contributed by atoms with E-state index in [9.17, 15) is 5.21 Å². The van der Waals surface area contributed by atoms with Crippen molar-refractivity contribution in [3.05, 3.63) is 58.9 Å². The number of hydrogen-bond acceptors (Lipinski definition) is 1. The van der Waals surface area contributed by atoms with Crippen molar-refractivity contribution >= 4 is 0 Å². The molecule has 0 N–H and O–H groups in total. The minimum Gasteiger partial charge on any atom is -0.618 e. The predicted octanol–water partition coefficient (Wildman–Crippen LogP) is 1.89. The van der Waals surface area contributed by atoms with Gasteiger partial charge in [-0.05, 0) is 17.7 Å². The number of benzene rings is 1. The van der Waals surface area contributed by atoms with Gasteiger partial charge in [-0.3, -0.25) is 0 Å². The summed E-state index contributed by atoms with van der Waals surface area (Å²) < 4.78 is 0.959. The zero-order valence-corrected chi connectivity index (χ0v) is 7.60. The van der Waals surface area contributed by atoms with Gasteiger partial charge >= 0.3 is 0 Å². The Kier molecular flexibility index (Phi) is 1.39. The van der Waals surface area contributed by atoms with Gasteiger partial charge in [-0.1, -0.05) is 18.2 Å². The molecule has 0 bridgehead atoms. The van der Waals surface area contributed by atoms with Crippen molar-refractivity contribution < 1.29 is 4.73 Å². The molecule has 1 heterocycles. The fraction of sp³-hybridized carbons (Fsp3) is 0.0833.